The monoisotopic (exact) mass is 361 g/mol. The van der Waals surface area contributed by atoms with Gasteiger partial charge < -0.3 is 15.1 Å². The van der Waals surface area contributed by atoms with E-state index in [1.807, 2.05) is 17.5 Å². The van der Waals surface area contributed by atoms with Crippen molar-refractivity contribution in [3.05, 3.63) is 52.5 Å². The molecule has 1 N–H and O–H groups in total. The first-order chi connectivity index (χ1) is 12.1. The van der Waals surface area contributed by atoms with Crippen LogP contribution >= 0.6 is 11.3 Å². The van der Waals surface area contributed by atoms with E-state index in [0.29, 0.717) is 32.6 Å². The van der Waals surface area contributed by atoms with E-state index in [4.69, 9.17) is 0 Å². The Labute approximate surface area is 150 Å². The zero-order chi connectivity index (χ0) is 17.6. The van der Waals surface area contributed by atoms with Crippen molar-refractivity contribution >= 4 is 28.8 Å². The number of benzene rings is 1. The third kappa shape index (κ3) is 4.79. The number of hydrogen-bond donors (Lipinski definition) is 1. The van der Waals surface area contributed by atoms with Gasteiger partial charge in [0.15, 0.2) is 0 Å². The molecule has 1 saturated heterocycles. The number of piperazine rings is 1. The third-order valence-corrected chi connectivity index (χ3v) is 5.05. The molecule has 2 aromatic rings. The van der Waals surface area contributed by atoms with Gasteiger partial charge in [0.05, 0.1) is 13.0 Å². The molecule has 2 amide bonds. The highest BCUT2D eigenvalue weighted by Crippen LogP contribution is 2.16. The van der Waals surface area contributed by atoms with Crippen LogP contribution in [0.15, 0.2) is 41.8 Å². The summed E-state index contributed by atoms with van der Waals surface area (Å²) in [6.07, 6.45) is 0.309. The molecule has 2 heterocycles. The van der Waals surface area contributed by atoms with Gasteiger partial charge in [-0.1, -0.05) is 6.07 Å². The number of amides is 2. The minimum absolute atomic E-state index is 0.0285. The summed E-state index contributed by atoms with van der Waals surface area (Å²) in [6.45, 7) is 2.61. The Morgan fingerprint density at radius 1 is 1.08 bits per heavy atom. The zero-order valence-electron chi connectivity index (χ0n) is 13.8. The summed E-state index contributed by atoms with van der Waals surface area (Å²) in [7, 11) is 0. The molecule has 0 radical (unpaired) electrons. The van der Waals surface area contributed by atoms with Crippen LogP contribution in [0.4, 0.5) is 10.1 Å². The second-order valence-corrected chi connectivity index (χ2v) is 6.91. The molecule has 3 rings (SSSR count). The number of carbonyl (C=O) groups is 2. The van der Waals surface area contributed by atoms with Crippen molar-refractivity contribution in [2.45, 2.75) is 6.42 Å². The fraction of sp³-hybridized carbons (Fsp3) is 0.333. The van der Waals surface area contributed by atoms with Crippen LogP contribution < -0.4 is 10.2 Å². The van der Waals surface area contributed by atoms with Crippen molar-refractivity contribution in [1.82, 2.24) is 10.2 Å². The Hall–Kier alpha value is -2.41. The van der Waals surface area contributed by atoms with Gasteiger partial charge in [0.2, 0.25) is 11.8 Å². The van der Waals surface area contributed by atoms with E-state index in [0.717, 1.165) is 10.6 Å². The van der Waals surface area contributed by atoms with Gasteiger partial charge in [0.1, 0.15) is 5.82 Å². The Bertz CT molecular complexity index is 710. The highest BCUT2D eigenvalue weighted by molar-refractivity contribution is 7.10. The quantitative estimate of drug-likeness (QED) is 0.885. The minimum Gasteiger partial charge on any atom is -0.368 e. The largest absolute Gasteiger partial charge is 0.368 e. The maximum Gasteiger partial charge on any atom is 0.242 e. The molecule has 0 aliphatic carbocycles. The molecular weight excluding hydrogens is 341 g/mol. The maximum absolute atomic E-state index is 13.0. The highest BCUT2D eigenvalue weighted by atomic mass is 32.1. The van der Waals surface area contributed by atoms with Crippen LogP contribution in [-0.4, -0.2) is 49.4 Å². The molecule has 1 aliphatic rings. The Kier molecular flexibility index (Phi) is 5.65. The van der Waals surface area contributed by atoms with Gasteiger partial charge in [0, 0.05) is 36.7 Å². The SMILES string of the molecule is O=C(Cc1cccs1)NCC(=O)N1CCN(c2ccc(F)cc2)CC1. The molecule has 7 heteroatoms. The number of nitrogens with one attached hydrogen (secondary N) is 1. The van der Waals surface area contributed by atoms with Gasteiger partial charge in [-0.2, -0.15) is 0 Å². The average molecular weight is 361 g/mol. The fourth-order valence-electron chi connectivity index (χ4n) is 2.79. The predicted molar refractivity (Wildman–Crippen MR) is 96.2 cm³/mol. The molecule has 25 heavy (non-hydrogen) atoms. The van der Waals surface area contributed by atoms with Gasteiger partial charge in [-0.05, 0) is 35.7 Å². The van der Waals surface area contributed by atoms with E-state index in [-0.39, 0.29) is 24.2 Å². The van der Waals surface area contributed by atoms with Crippen LogP contribution in [0.25, 0.3) is 0 Å². The zero-order valence-corrected chi connectivity index (χ0v) is 14.6. The minimum atomic E-state index is -0.254. The number of hydrogen-bond acceptors (Lipinski definition) is 4. The molecule has 0 atom stereocenters. The van der Waals surface area contributed by atoms with Crippen molar-refractivity contribution in [3.63, 3.8) is 0 Å². The summed E-state index contributed by atoms with van der Waals surface area (Å²) in [4.78, 5) is 28.9. The molecule has 0 saturated carbocycles. The van der Waals surface area contributed by atoms with E-state index in [1.54, 1.807) is 17.0 Å². The van der Waals surface area contributed by atoms with Gasteiger partial charge in [-0.3, -0.25) is 9.59 Å². The Morgan fingerprint density at radius 3 is 2.44 bits per heavy atom. The summed E-state index contributed by atoms with van der Waals surface area (Å²) in [5.74, 6) is -0.463. The molecule has 1 aliphatic heterocycles. The first-order valence-corrected chi connectivity index (χ1v) is 9.07. The van der Waals surface area contributed by atoms with Crippen LogP contribution in [-0.2, 0) is 16.0 Å². The van der Waals surface area contributed by atoms with Gasteiger partial charge >= 0.3 is 0 Å². The second-order valence-electron chi connectivity index (χ2n) is 5.88. The van der Waals surface area contributed by atoms with Crippen LogP contribution in [0.2, 0.25) is 0 Å². The lowest BCUT2D eigenvalue weighted by molar-refractivity contribution is -0.133. The highest BCUT2D eigenvalue weighted by Gasteiger charge is 2.21. The maximum atomic E-state index is 13.0. The van der Waals surface area contributed by atoms with Crippen molar-refractivity contribution in [3.8, 4) is 0 Å². The topological polar surface area (TPSA) is 52.7 Å². The number of carbonyl (C=O) groups excluding carboxylic acids is 2. The van der Waals surface area contributed by atoms with Gasteiger partial charge in [0.25, 0.3) is 0 Å². The molecule has 1 aromatic heterocycles. The summed E-state index contributed by atoms with van der Waals surface area (Å²) in [6, 6.07) is 10.2. The van der Waals surface area contributed by atoms with E-state index in [9.17, 15) is 14.0 Å². The first-order valence-electron chi connectivity index (χ1n) is 8.19. The van der Waals surface area contributed by atoms with Crippen LogP contribution in [0.3, 0.4) is 0 Å². The van der Waals surface area contributed by atoms with Crippen LogP contribution in [0.1, 0.15) is 4.88 Å². The normalized spacial score (nSPS) is 14.4. The van der Waals surface area contributed by atoms with Crippen molar-refractivity contribution in [2.24, 2.45) is 0 Å². The molecular formula is C18H20FN3O2S. The van der Waals surface area contributed by atoms with E-state index in [2.05, 4.69) is 10.2 Å². The lowest BCUT2D eigenvalue weighted by Gasteiger charge is -2.36. The summed E-state index contributed by atoms with van der Waals surface area (Å²) in [5, 5.41) is 4.61. The van der Waals surface area contributed by atoms with Crippen molar-refractivity contribution in [1.29, 1.82) is 0 Å². The van der Waals surface area contributed by atoms with Gasteiger partial charge in [-0.15, -0.1) is 11.3 Å². The van der Waals surface area contributed by atoms with E-state index in [1.165, 1.54) is 23.5 Å². The summed E-state index contributed by atoms with van der Waals surface area (Å²) in [5.41, 5.74) is 0.956. The van der Waals surface area contributed by atoms with Crippen LogP contribution in [0.5, 0.6) is 0 Å². The second kappa shape index (κ2) is 8.11. The summed E-state index contributed by atoms with van der Waals surface area (Å²) < 4.78 is 13.0. The van der Waals surface area contributed by atoms with E-state index < -0.39 is 0 Å². The molecule has 0 unspecified atom stereocenters. The molecule has 1 aromatic carbocycles. The van der Waals surface area contributed by atoms with Crippen molar-refractivity contribution < 1.29 is 14.0 Å². The number of halogens is 1. The molecule has 0 spiro atoms. The summed E-state index contributed by atoms with van der Waals surface area (Å²) >= 11 is 1.53. The van der Waals surface area contributed by atoms with Crippen molar-refractivity contribution in [2.75, 3.05) is 37.6 Å². The Balaban J connectivity index is 1.42. The number of rotatable bonds is 5. The first kappa shape index (κ1) is 17.4. The average Bonchev–Trinajstić information content (AvgIpc) is 3.13. The fourth-order valence-corrected chi connectivity index (χ4v) is 3.49. The lowest BCUT2D eigenvalue weighted by Crippen LogP contribution is -2.51. The van der Waals surface area contributed by atoms with E-state index >= 15 is 0 Å². The standard InChI is InChI=1S/C18H20FN3O2S/c19-14-3-5-15(6-4-14)21-7-9-22(10-8-21)18(24)13-20-17(23)12-16-2-1-11-25-16/h1-6,11H,7-10,12-13H2,(H,20,23). The molecule has 5 nitrogen and oxygen atoms in total. The third-order valence-electron chi connectivity index (χ3n) is 4.18. The Morgan fingerprint density at radius 2 is 1.80 bits per heavy atom. The molecule has 1 fully saturated rings. The van der Waals surface area contributed by atoms with Crippen LogP contribution in [0, 0.1) is 5.82 Å². The predicted octanol–water partition coefficient (Wildman–Crippen LogP) is 1.89. The smallest absolute Gasteiger partial charge is 0.242 e. The number of nitrogens with zero attached hydrogens (tertiary/aromatic N) is 2. The van der Waals surface area contributed by atoms with Gasteiger partial charge in [-0.25, -0.2) is 4.39 Å². The lowest BCUT2D eigenvalue weighted by atomic mass is 10.2. The number of anilines is 1. The molecule has 0 bridgehead atoms. The number of thiophene rings is 1. The molecule has 132 valence electrons.